The van der Waals surface area contributed by atoms with Crippen molar-refractivity contribution in [2.24, 2.45) is 0 Å². The maximum absolute atomic E-state index is 14.6. The number of rotatable bonds is 14. The lowest BCUT2D eigenvalue weighted by Crippen LogP contribution is -2.54. The molecule has 11 heteroatoms. The summed E-state index contributed by atoms with van der Waals surface area (Å²) in [6.07, 6.45) is 0.876. The number of benzene rings is 4. The Balaban J connectivity index is 1.84. The van der Waals surface area contributed by atoms with Crippen LogP contribution < -0.4 is 14.4 Å². The minimum Gasteiger partial charge on any atom is -0.495 e. The van der Waals surface area contributed by atoms with Crippen molar-refractivity contribution in [1.29, 1.82) is 0 Å². The van der Waals surface area contributed by atoms with E-state index in [1.165, 1.54) is 36.3 Å². The molecule has 0 saturated carbocycles. The van der Waals surface area contributed by atoms with Gasteiger partial charge >= 0.3 is 0 Å². The van der Waals surface area contributed by atoms with Crippen LogP contribution in [0.4, 0.5) is 5.69 Å². The van der Waals surface area contributed by atoms with Crippen molar-refractivity contribution in [1.82, 2.24) is 10.2 Å². The molecule has 0 radical (unpaired) electrons. The molecule has 1 N–H and O–H groups in total. The van der Waals surface area contributed by atoms with Crippen LogP contribution in [-0.2, 0) is 32.6 Å². The van der Waals surface area contributed by atoms with Gasteiger partial charge in [-0.15, -0.1) is 0 Å². The van der Waals surface area contributed by atoms with Gasteiger partial charge in [-0.3, -0.25) is 13.9 Å². The Morgan fingerprint density at radius 1 is 0.894 bits per heavy atom. The first-order valence-electron chi connectivity index (χ1n) is 15.2. The second kappa shape index (κ2) is 16.2. The zero-order chi connectivity index (χ0) is 34.1. The van der Waals surface area contributed by atoms with Crippen molar-refractivity contribution < 1.29 is 22.7 Å². The molecule has 0 aromatic heterocycles. The number of ether oxygens (including phenoxy) is 1. The topological polar surface area (TPSA) is 96.0 Å². The van der Waals surface area contributed by atoms with Crippen LogP contribution in [0.5, 0.6) is 5.75 Å². The summed E-state index contributed by atoms with van der Waals surface area (Å²) in [5, 5.41) is 3.61. The van der Waals surface area contributed by atoms with Gasteiger partial charge in [-0.1, -0.05) is 96.4 Å². The fourth-order valence-corrected chi connectivity index (χ4v) is 6.84. The van der Waals surface area contributed by atoms with Gasteiger partial charge in [-0.05, 0) is 67.8 Å². The number of amides is 2. The van der Waals surface area contributed by atoms with E-state index in [2.05, 4.69) is 5.32 Å². The highest BCUT2D eigenvalue weighted by molar-refractivity contribution is 7.92. The molecule has 0 saturated heterocycles. The molecule has 0 unspecified atom stereocenters. The number of aryl methyl sites for hydroxylation is 1. The van der Waals surface area contributed by atoms with Crippen molar-refractivity contribution in [3.8, 4) is 5.75 Å². The Bertz CT molecular complexity index is 1790. The van der Waals surface area contributed by atoms with Crippen molar-refractivity contribution >= 4 is 50.7 Å². The summed E-state index contributed by atoms with van der Waals surface area (Å²) in [6.45, 7) is 5.04. The number of sulfonamides is 1. The number of halogens is 2. The lowest BCUT2D eigenvalue weighted by molar-refractivity contribution is -0.140. The van der Waals surface area contributed by atoms with Gasteiger partial charge in [0.1, 0.15) is 18.3 Å². The smallest absolute Gasteiger partial charge is 0.264 e. The lowest BCUT2D eigenvalue weighted by atomic mass is 10.0. The molecule has 2 atom stereocenters. The highest BCUT2D eigenvalue weighted by atomic mass is 35.5. The van der Waals surface area contributed by atoms with Crippen LogP contribution in [0.2, 0.25) is 10.0 Å². The predicted octanol–water partition coefficient (Wildman–Crippen LogP) is 7.06. The van der Waals surface area contributed by atoms with E-state index < -0.39 is 28.5 Å². The second-order valence-corrected chi connectivity index (χ2v) is 14.0. The number of anilines is 1. The lowest BCUT2D eigenvalue weighted by Gasteiger charge is -2.34. The molecule has 8 nitrogen and oxygen atoms in total. The number of carbonyl (C=O) groups excluding carboxylic acids is 2. The van der Waals surface area contributed by atoms with Crippen LogP contribution in [0, 0.1) is 6.92 Å². The van der Waals surface area contributed by atoms with Crippen molar-refractivity contribution in [2.45, 2.75) is 57.1 Å². The summed E-state index contributed by atoms with van der Waals surface area (Å²) in [6, 6.07) is 26.1. The first kappa shape index (κ1) is 35.8. The Morgan fingerprint density at radius 3 is 2.17 bits per heavy atom. The number of carbonyl (C=O) groups is 2. The molecule has 0 heterocycles. The third-order valence-electron chi connectivity index (χ3n) is 7.88. The first-order valence-corrected chi connectivity index (χ1v) is 17.4. The molecule has 0 bridgehead atoms. The monoisotopic (exact) mass is 695 g/mol. The minimum atomic E-state index is -4.28. The van der Waals surface area contributed by atoms with Crippen molar-refractivity contribution in [3.63, 3.8) is 0 Å². The fourth-order valence-electron chi connectivity index (χ4n) is 4.98. The number of hydrogen-bond donors (Lipinski definition) is 1. The predicted molar refractivity (Wildman–Crippen MR) is 188 cm³/mol. The zero-order valence-electron chi connectivity index (χ0n) is 26.8. The molecule has 47 heavy (non-hydrogen) atoms. The average molecular weight is 697 g/mol. The summed E-state index contributed by atoms with van der Waals surface area (Å²) < 4.78 is 34.8. The van der Waals surface area contributed by atoms with E-state index >= 15 is 0 Å². The summed E-state index contributed by atoms with van der Waals surface area (Å²) in [5.41, 5.74) is 2.48. The molecule has 4 aromatic carbocycles. The molecule has 0 aliphatic rings. The molecule has 0 aliphatic heterocycles. The Morgan fingerprint density at radius 2 is 1.55 bits per heavy atom. The van der Waals surface area contributed by atoms with Gasteiger partial charge in [-0.25, -0.2) is 8.42 Å². The minimum absolute atomic E-state index is 0.00385. The van der Waals surface area contributed by atoms with Gasteiger partial charge in [-0.2, -0.15) is 0 Å². The third-order valence-corrected chi connectivity index (χ3v) is 10.3. The molecule has 4 rings (SSSR count). The molecule has 0 aliphatic carbocycles. The molecule has 0 fully saturated rings. The van der Waals surface area contributed by atoms with E-state index in [-0.39, 0.29) is 40.5 Å². The van der Waals surface area contributed by atoms with Crippen LogP contribution in [-0.4, -0.2) is 50.9 Å². The quantitative estimate of drug-likeness (QED) is 0.152. The molecule has 4 aromatic rings. The van der Waals surface area contributed by atoms with Gasteiger partial charge in [0.2, 0.25) is 11.8 Å². The summed E-state index contributed by atoms with van der Waals surface area (Å²) in [5.74, 6) is -0.615. The second-order valence-electron chi connectivity index (χ2n) is 11.3. The number of methoxy groups -OCH3 is 1. The van der Waals surface area contributed by atoms with Gasteiger partial charge in [0.05, 0.1) is 22.7 Å². The van der Waals surface area contributed by atoms with E-state index in [1.54, 1.807) is 42.5 Å². The highest BCUT2D eigenvalue weighted by Crippen LogP contribution is 2.32. The van der Waals surface area contributed by atoms with E-state index in [1.807, 2.05) is 51.1 Å². The molecule has 2 amide bonds. The number of nitrogens with one attached hydrogen (secondary N) is 1. The highest BCUT2D eigenvalue weighted by Gasteiger charge is 2.35. The van der Waals surface area contributed by atoms with Crippen molar-refractivity contribution in [2.75, 3.05) is 18.0 Å². The Labute approximate surface area is 287 Å². The van der Waals surface area contributed by atoms with Crippen LogP contribution in [0.3, 0.4) is 0 Å². The standard InChI is InChI=1S/C36H39Cl2N3O5S/c1-5-26(3)39-36(43)33(21-27-11-7-6-8-12-27)40(23-28-13-9-10-14-31(28)37)35(42)24-41(29-17-20-34(46-4)32(38)22-29)47(44,45)30-18-15-25(2)16-19-30/h6-20,22,26,33H,5,21,23-24H2,1-4H3,(H,39,43)/t26-,33+/m0/s1. The Hall–Kier alpha value is -4.05. The van der Waals surface area contributed by atoms with Gasteiger partial charge in [0, 0.05) is 24.0 Å². The van der Waals surface area contributed by atoms with Crippen molar-refractivity contribution in [3.05, 3.63) is 124 Å². The normalized spacial score (nSPS) is 12.6. The summed E-state index contributed by atoms with van der Waals surface area (Å²) in [4.78, 5) is 30.0. The first-order chi connectivity index (χ1) is 22.4. The van der Waals surface area contributed by atoms with Crippen LogP contribution in [0.25, 0.3) is 0 Å². The molecular weight excluding hydrogens is 657 g/mol. The van der Waals surface area contributed by atoms with Gasteiger partial charge < -0.3 is 15.0 Å². The summed E-state index contributed by atoms with van der Waals surface area (Å²) >= 11 is 13.0. The molecule has 248 valence electrons. The van der Waals surface area contributed by atoms with E-state index in [9.17, 15) is 18.0 Å². The molecule has 0 spiro atoms. The number of hydrogen-bond acceptors (Lipinski definition) is 5. The van der Waals surface area contributed by atoms with Crippen LogP contribution in [0.1, 0.15) is 37.0 Å². The zero-order valence-corrected chi connectivity index (χ0v) is 29.1. The van der Waals surface area contributed by atoms with Crippen LogP contribution >= 0.6 is 23.2 Å². The third kappa shape index (κ3) is 9.06. The van der Waals surface area contributed by atoms with Gasteiger partial charge in [0.15, 0.2) is 0 Å². The largest absolute Gasteiger partial charge is 0.495 e. The molecular formula is C36H39Cl2N3O5S. The van der Waals surface area contributed by atoms with E-state index in [4.69, 9.17) is 27.9 Å². The summed E-state index contributed by atoms with van der Waals surface area (Å²) in [7, 11) is -2.83. The van der Waals surface area contributed by atoms with E-state index in [0.29, 0.717) is 22.8 Å². The number of nitrogens with zero attached hydrogens (tertiary/aromatic N) is 2. The van der Waals surface area contributed by atoms with Crippen LogP contribution in [0.15, 0.2) is 102 Å². The Kier molecular flexibility index (Phi) is 12.3. The van der Waals surface area contributed by atoms with Gasteiger partial charge in [0.25, 0.3) is 10.0 Å². The van der Waals surface area contributed by atoms with E-state index in [0.717, 1.165) is 15.4 Å². The fraction of sp³-hybridized carbons (Fsp3) is 0.278. The maximum Gasteiger partial charge on any atom is 0.264 e. The SMILES string of the molecule is CC[C@H](C)NC(=O)[C@@H](Cc1ccccc1)N(Cc1ccccc1Cl)C(=O)CN(c1ccc(OC)c(Cl)c1)S(=O)(=O)c1ccc(C)cc1. The maximum atomic E-state index is 14.6. The average Bonchev–Trinajstić information content (AvgIpc) is 3.06.